The number of nitrogens with one attached hydrogen (secondary N) is 2. The van der Waals surface area contributed by atoms with Crippen molar-refractivity contribution in [3.8, 4) is 11.8 Å². The number of carbonyl (C=O) groups excluding carboxylic acids is 1. The molecule has 1 aromatic carbocycles. The topological polar surface area (TPSA) is 84.3 Å². The Bertz CT molecular complexity index is 529. The molecular formula is C12H13N3O3. The summed E-state index contributed by atoms with van der Waals surface area (Å²) in [5.74, 6) is 5.24. The van der Waals surface area contributed by atoms with Gasteiger partial charge < -0.3 is 10.6 Å². The average molecular weight is 247 g/mol. The van der Waals surface area contributed by atoms with Crippen LogP contribution in [0.2, 0.25) is 0 Å². The highest BCUT2D eigenvalue weighted by molar-refractivity contribution is 5.91. The number of benzene rings is 1. The Balaban J connectivity index is 3.08. The van der Waals surface area contributed by atoms with E-state index >= 15 is 0 Å². The number of nitro groups is 1. The van der Waals surface area contributed by atoms with Crippen molar-refractivity contribution < 1.29 is 9.72 Å². The molecule has 0 unspecified atom stereocenters. The van der Waals surface area contributed by atoms with E-state index in [0.717, 1.165) is 0 Å². The molecule has 6 heteroatoms. The molecule has 0 aromatic heterocycles. The third-order valence-corrected chi connectivity index (χ3v) is 2.00. The quantitative estimate of drug-likeness (QED) is 0.476. The summed E-state index contributed by atoms with van der Waals surface area (Å²) < 4.78 is 0. The van der Waals surface area contributed by atoms with Gasteiger partial charge in [-0.1, -0.05) is 11.8 Å². The Morgan fingerprint density at radius 1 is 1.50 bits per heavy atom. The number of nitrogens with zero attached hydrogens (tertiary/aromatic N) is 1. The van der Waals surface area contributed by atoms with Crippen molar-refractivity contribution in [1.82, 2.24) is 5.32 Å². The van der Waals surface area contributed by atoms with E-state index in [1.165, 1.54) is 19.1 Å². The van der Waals surface area contributed by atoms with E-state index < -0.39 is 4.92 Å². The van der Waals surface area contributed by atoms with Crippen LogP contribution in [0.3, 0.4) is 0 Å². The first-order chi connectivity index (χ1) is 8.54. The number of hydrogen-bond acceptors (Lipinski definition) is 4. The van der Waals surface area contributed by atoms with E-state index in [4.69, 9.17) is 0 Å². The van der Waals surface area contributed by atoms with Crippen LogP contribution in [0.25, 0.3) is 0 Å². The van der Waals surface area contributed by atoms with Gasteiger partial charge in [0.1, 0.15) is 5.69 Å². The van der Waals surface area contributed by atoms with Crippen molar-refractivity contribution in [2.75, 3.05) is 18.9 Å². The molecule has 0 atom stereocenters. The molecule has 1 aromatic rings. The predicted molar refractivity (Wildman–Crippen MR) is 68.2 cm³/mol. The fourth-order valence-electron chi connectivity index (χ4n) is 1.29. The highest BCUT2D eigenvalue weighted by Crippen LogP contribution is 2.25. The molecule has 0 saturated heterocycles. The first-order valence-corrected chi connectivity index (χ1v) is 5.24. The van der Waals surface area contributed by atoms with Gasteiger partial charge in [-0.2, -0.15) is 0 Å². The minimum absolute atomic E-state index is 0.165. The Morgan fingerprint density at radius 3 is 2.78 bits per heavy atom. The van der Waals surface area contributed by atoms with E-state index in [1.807, 2.05) is 0 Å². The third-order valence-electron chi connectivity index (χ3n) is 2.00. The molecule has 0 bridgehead atoms. The summed E-state index contributed by atoms with van der Waals surface area (Å²) in [5.41, 5.74) is 0.541. The van der Waals surface area contributed by atoms with Crippen LogP contribution in [-0.2, 0) is 4.79 Å². The second kappa shape index (κ2) is 6.37. The molecule has 0 aliphatic carbocycles. The number of nitro benzene ring substituents is 1. The number of rotatable bonds is 3. The summed E-state index contributed by atoms with van der Waals surface area (Å²) in [7, 11) is 1.76. The molecule has 94 valence electrons. The molecule has 2 N–H and O–H groups in total. The predicted octanol–water partition coefficient (Wildman–Crippen LogP) is 1.12. The Morgan fingerprint density at radius 2 is 2.22 bits per heavy atom. The maximum absolute atomic E-state index is 10.9. The summed E-state index contributed by atoms with van der Waals surface area (Å²) in [6.45, 7) is 1.80. The zero-order valence-electron chi connectivity index (χ0n) is 10.1. The summed E-state index contributed by atoms with van der Waals surface area (Å²) >= 11 is 0. The molecule has 1 rings (SSSR count). The first-order valence-electron chi connectivity index (χ1n) is 5.24. The second-order valence-electron chi connectivity index (χ2n) is 3.50. The zero-order valence-corrected chi connectivity index (χ0v) is 10.1. The Hall–Kier alpha value is -2.39. The highest BCUT2D eigenvalue weighted by Gasteiger charge is 2.14. The Labute approximate surface area is 105 Å². The number of amides is 1. The lowest BCUT2D eigenvalue weighted by Crippen LogP contribution is -2.08. The van der Waals surface area contributed by atoms with Gasteiger partial charge in [-0.05, 0) is 19.2 Å². The van der Waals surface area contributed by atoms with Crippen LogP contribution in [0.5, 0.6) is 0 Å². The van der Waals surface area contributed by atoms with Gasteiger partial charge in [0.15, 0.2) is 0 Å². The lowest BCUT2D eigenvalue weighted by atomic mass is 10.1. The fourth-order valence-corrected chi connectivity index (χ4v) is 1.29. The maximum atomic E-state index is 10.9. The zero-order chi connectivity index (χ0) is 13.5. The van der Waals surface area contributed by atoms with Crippen molar-refractivity contribution in [2.24, 2.45) is 0 Å². The molecule has 0 radical (unpaired) electrons. The van der Waals surface area contributed by atoms with Crippen LogP contribution < -0.4 is 10.6 Å². The summed E-state index contributed by atoms with van der Waals surface area (Å²) in [4.78, 5) is 21.2. The van der Waals surface area contributed by atoms with Crippen LogP contribution in [-0.4, -0.2) is 24.4 Å². The van der Waals surface area contributed by atoms with E-state index in [1.54, 1.807) is 13.1 Å². The summed E-state index contributed by atoms with van der Waals surface area (Å²) in [6, 6.07) is 4.44. The highest BCUT2D eigenvalue weighted by atomic mass is 16.6. The van der Waals surface area contributed by atoms with E-state index in [9.17, 15) is 14.9 Å². The SMILES string of the molecule is CNCC#Cc1ccc(NC(C)=O)c([N+](=O)[O-])c1. The fraction of sp³-hybridized carbons (Fsp3) is 0.250. The molecule has 0 fully saturated rings. The molecule has 0 aliphatic heterocycles. The molecule has 0 aliphatic rings. The third kappa shape index (κ3) is 3.88. The second-order valence-corrected chi connectivity index (χ2v) is 3.50. The Kier molecular flexibility index (Phi) is 4.84. The number of carbonyl (C=O) groups is 1. The molecule has 18 heavy (non-hydrogen) atoms. The van der Waals surface area contributed by atoms with Crippen LogP contribution in [0.1, 0.15) is 12.5 Å². The summed E-state index contributed by atoms with van der Waals surface area (Å²) in [6.07, 6.45) is 0. The lowest BCUT2D eigenvalue weighted by molar-refractivity contribution is -0.383. The van der Waals surface area contributed by atoms with Crippen molar-refractivity contribution >= 4 is 17.3 Å². The van der Waals surface area contributed by atoms with E-state index in [2.05, 4.69) is 22.5 Å². The van der Waals surface area contributed by atoms with E-state index in [0.29, 0.717) is 12.1 Å². The van der Waals surface area contributed by atoms with Gasteiger partial charge in [0.25, 0.3) is 5.69 Å². The van der Waals surface area contributed by atoms with Gasteiger partial charge in [0.2, 0.25) is 5.91 Å². The van der Waals surface area contributed by atoms with Gasteiger partial charge >= 0.3 is 0 Å². The molecule has 6 nitrogen and oxygen atoms in total. The average Bonchev–Trinajstić information content (AvgIpc) is 2.30. The van der Waals surface area contributed by atoms with Crippen molar-refractivity contribution in [2.45, 2.75) is 6.92 Å². The standard InChI is InChI=1S/C12H13N3O3/c1-9(16)14-11-6-5-10(4-3-7-13-2)8-12(11)15(17)18/h5-6,8,13H,7H2,1-2H3,(H,14,16). The summed E-state index contributed by atoms with van der Waals surface area (Å²) in [5, 5.41) is 16.1. The largest absolute Gasteiger partial charge is 0.321 e. The van der Waals surface area contributed by atoms with Crippen LogP contribution >= 0.6 is 0 Å². The minimum Gasteiger partial charge on any atom is -0.321 e. The molecular weight excluding hydrogens is 234 g/mol. The normalized spacial score (nSPS) is 9.22. The van der Waals surface area contributed by atoms with Gasteiger partial charge in [0.05, 0.1) is 11.5 Å². The number of hydrogen-bond donors (Lipinski definition) is 2. The first kappa shape index (κ1) is 13.7. The van der Waals surface area contributed by atoms with Gasteiger partial charge in [0, 0.05) is 18.6 Å². The van der Waals surface area contributed by atoms with Crippen LogP contribution in [0.15, 0.2) is 18.2 Å². The van der Waals surface area contributed by atoms with Gasteiger partial charge in [-0.3, -0.25) is 14.9 Å². The molecule has 0 heterocycles. The maximum Gasteiger partial charge on any atom is 0.293 e. The molecule has 1 amide bonds. The smallest absolute Gasteiger partial charge is 0.293 e. The van der Waals surface area contributed by atoms with Crippen molar-refractivity contribution in [3.05, 3.63) is 33.9 Å². The lowest BCUT2D eigenvalue weighted by Gasteiger charge is -2.03. The molecule has 0 saturated carbocycles. The van der Waals surface area contributed by atoms with Crippen molar-refractivity contribution in [1.29, 1.82) is 0 Å². The monoisotopic (exact) mass is 247 g/mol. The minimum atomic E-state index is -0.547. The van der Waals surface area contributed by atoms with Crippen LogP contribution in [0, 0.1) is 22.0 Å². The van der Waals surface area contributed by atoms with Gasteiger partial charge in [-0.25, -0.2) is 0 Å². The van der Waals surface area contributed by atoms with Gasteiger partial charge in [-0.15, -0.1) is 0 Å². The van der Waals surface area contributed by atoms with E-state index in [-0.39, 0.29) is 17.3 Å². The number of anilines is 1. The molecule has 0 spiro atoms. The van der Waals surface area contributed by atoms with Crippen LogP contribution in [0.4, 0.5) is 11.4 Å². The van der Waals surface area contributed by atoms with Crippen molar-refractivity contribution in [3.63, 3.8) is 0 Å².